The maximum absolute atomic E-state index is 5.90. The number of thioether (sulfide) groups is 1. The highest BCUT2D eigenvalue weighted by atomic mass is 35.5. The smallest absolute Gasteiger partial charge is 0.0406 e. The average Bonchev–Trinajstić information content (AvgIpc) is 2.91. The van der Waals surface area contributed by atoms with Crippen molar-refractivity contribution in [1.82, 2.24) is 5.32 Å². The Kier molecular flexibility index (Phi) is 6.24. The van der Waals surface area contributed by atoms with Gasteiger partial charge in [0.1, 0.15) is 0 Å². The molecule has 4 heteroatoms. The highest BCUT2D eigenvalue weighted by Crippen LogP contribution is 2.22. The molecular formula is C15H18ClNS2. The monoisotopic (exact) mass is 311 g/mol. The molecule has 0 radical (unpaired) electrons. The first-order chi connectivity index (χ1) is 9.28. The van der Waals surface area contributed by atoms with Gasteiger partial charge in [0.25, 0.3) is 0 Å². The Balaban J connectivity index is 1.87. The fourth-order valence-corrected chi connectivity index (χ4v) is 3.67. The second-order valence-electron chi connectivity index (χ2n) is 4.36. The van der Waals surface area contributed by atoms with E-state index in [2.05, 4.69) is 41.2 Å². The minimum atomic E-state index is 0.514. The van der Waals surface area contributed by atoms with Gasteiger partial charge in [0.2, 0.25) is 0 Å². The Morgan fingerprint density at radius 2 is 2.05 bits per heavy atom. The summed E-state index contributed by atoms with van der Waals surface area (Å²) in [5, 5.41) is 8.73. The van der Waals surface area contributed by atoms with Crippen molar-refractivity contribution in [3.63, 3.8) is 0 Å². The van der Waals surface area contributed by atoms with E-state index in [1.54, 1.807) is 11.3 Å². The molecule has 0 spiro atoms. The van der Waals surface area contributed by atoms with Gasteiger partial charge in [-0.15, -0.1) is 11.8 Å². The first-order valence-electron chi connectivity index (χ1n) is 6.40. The van der Waals surface area contributed by atoms with Gasteiger partial charge in [-0.2, -0.15) is 11.3 Å². The van der Waals surface area contributed by atoms with E-state index in [0.29, 0.717) is 6.04 Å². The van der Waals surface area contributed by atoms with Gasteiger partial charge in [0.15, 0.2) is 0 Å². The van der Waals surface area contributed by atoms with E-state index in [4.69, 9.17) is 11.6 Å². The van der Waals surface area contributed by atoms with Crippen LogP contribution in [0.2, 0.25) is 5.02 Å². The van der Waals surface area contributed by atoms with Gasteiger partial charge in [-0.3, -0.25) is 0 Å². The molecule has 0 aliphatic rings. The van der Waals surface area contributed by atoms with E-state index in [9.17, 15) is 0 Å². The van der Waals surface area contributed by atoms with E-state index in [-0.39, 0.29) is 0 Å². The van der Waals surface area contributed by atoms with Crippen molar-refractivity contribution in [2.24, 2.45) is 0 Å². The highest BCUT2D eigenvalue weighted by Gasteiger charge is 2.09. The molecule has 0 bridgehead atoms. The number of hydrogen-bond donors (Lipinski definition) is 1. The SMILES string of the molecule is CCNC(CSc1ccc(Cl)cc1)Cc1ccsc1. The van der Waals surface area contributed by atoms with Crippen molar-refractivity contribution < 1.29 is 0 Å². The Bertz CT molecular complexity index is 467. The summed E-state index contributed by atoms with van der Waals surface area (Å²) in [7, 11) is 0. The molecule has 2 rings (SSSR count). The Morgan fingerprint density at radius 1 is 1.26 bits per heavy atom. The minimum absolute atomic E-state index is 0.514. The van der Waals surface area contributed by atoms with Crippen LogP contribution in [-0.4, -0.2) is 18.3 Å². The summed E-state index contributed by atoms with van der Waals surface area (Å²) in [6.45, 7) is 3.17. The summed E-state index contributed by atoms with van der Waals surface area (Å²) >= 11 is 9.55. The highest BCUT2D eigenvalue weighted by molar-refractivity contribution is 7.99. The summed E-state index contributed by atoms with van der Waals surface area (Å²) in [4.78, 5) is 1.28. The number of benzene rings is 1. The second kappa shape index (κ2) is 7.95. The van der Waals surface area contributed by atoms with Crippen LogP contribution in [0, 0.1) is 0 Å². The lowest BCUT2D eigenvalue weighted by Gasteiger charge is -2.17. The summed E-state index contributed by atoms with van der Waals surface area (Å²) in [5.74, 6) is 1.07. The molecule has 0 aliphatic carbocycles. The van der Waals surface area contributed by atoms with Crippen LogP contribution in [0.3, 0.4) is 0 Å². The van der Waals surface area contributed by atoms with Gasteiger partial charge in [0.05, 0.1) is 0 Å². The molecule has 1 nitrogen and oxygen atoms in total. The lowest BCUT2D eigenvalue weighted by atomic mass is 10.1. The van der Waals surface area contributed by atoms with Gasteiger partial charge in [0, 0.05) is 21.7 Å². The molecule has 1 unspecified atom stereocenters. The van der Waals surface area contributed by atoms with Crippen molar-refractivity contribution in [3.05, 3.63) is 51.7 Å². The van der Waals surface area contributed by atoms with Gasteiger partial charge in [-0.05, 0) is 59.6 Å². The molecule has 1 aromatic carbocycles. The van der Waals surface area contributed by atoms with Crippen molar-refractivity contribution in [3.8, 4) is 0 Å². The van der Waals surface area contributed by atoms with Crippen LogP contribution in [0.25, 0.3) is 0 Å². The lowest BCUT2D eigenvalue weighted by molar-refractivity contribution is 0.573. The molecule has 2 aromatic rings. The fraction of sp³-hybridized carbons (Fsp3) is 0.333. The van der Waals surface area contributed by atoms with Crippen molar-refractivity contribution in [2.75, 3.05) is 12.3 Å². The number of thiophene rings is 1. The van der Waals surface area contributed by atoms with E-state index in [1.807, 2.05) is 23.9 Å². The number of hydrogen-bond acceptors (Lipinski definition) is 3. The van der Waals surface area contributed by atoms with Crippen LogP contribution < -0.4 is 5.32 Å². The van der Waals surface area contributed by atoms with Crippen LogP contribution in [-0.2, 0) is 6.42 Å². The normalized spacial score (nSPS) is 12.5. The maximum Gasteiger partial charge on any atom is 0.0406 e. The zero-order valence-electron chi connectivity index (χ0n) is 10.9. The molecule has 0 aliphatic heterocycles. The van der Waals surface area contributed by atoms with Crippen LogP contribution in [0.4, 0.5) is 0 Å². The Labute approximate surface area is 128 Å². The third-order valence-electron chi connectivity index (χ3n) is 2.82. The topological polar surface area (TPSA) is 12.0 Å². The number of halogens is 1. The predicted octanol–water partition coefficient (Wildman–Crippen LogP) is 4.71. The van der Waals surface area contributed by atoms with Gasteiger partial charge >= 0.3 is 0 Å². The van der Waals surface area contributed by atoms with Gasteiger partial charge in [-0.25, -0.2) is 0 Å². The molecule has 0 saturated heterocycles. The van der Waals surface area contributed by atoms with Crippen LogP contribution in [0.1, 0.15) is 12.5 Å². The number of nitrogens with one attached hydrogen (secondary N) is 1. The number of rotatable bonds is 7. The summed E-state index contributed by atoms with van der Waals surface area (Å²) in [6, 6.07) is 10.8. The Hall–Kier alpha value is -0.480. The molecular weight excluding hydrogens is 294 g/mol. The largest absolute Gasteiger partial charge is 0.313 e. The fourth-order valence-electron chi connectivity index (χ4n) is 1.90. The molecule has 1 aromatic heterocycles. The third-order valence-corrected chi connectivity index (χ3v) is 4.98. The summed E-state index contributed by atoms with van der Waals surface area (Å²) < 4.78 is 0. The quantitative estimate of drug-likeness (QED) is 0.743. The molecule has 19 heavy (non-hydrogen) atoms. The maximum atomic E-state index is 5.90. The van der Waals surface area contributed by atoms with E-state index < -0.39 is 0 Å². The van der Waals surface area contributed by atoms with Crippen LogP contribution >= 0.6 is 34.7 Å². The van der Waals surface area contributed by atoms with Crippen LogP contribution in [0.15, 0.2) is 46.0 Å². The second-order valence-corrected chi connectivity index (χ2v) is 6.67. The third kappa shape index (κ3) is 5.19. The van der Waals surface area contributed by atoms with Crippen molar-refractivity contribution >= 4 is 34.7 Å². The first kappa shape index (κ1) is 14.9. The molecule has 102 valence electrons. The summed E-state index contributed by atoms with van der Waals surface area (Å²) in [5.41, 5.74) is 1.42. The molecule has 1 N–H and O–H groups in total. The first-order valence-corrected chi connectivity index (χ1v) is 8.71. The standard InChI is InChI=1S/C15H18ClNS2/c1-2-17-14(9-12-7-8-18-10-12)11-19-15-5-3-13(16)4-6-15/h3-8,10,14,17H,2,9,11H2,1H3. The van der Waals surface area contributed by atoms with Crippen LogP contribution in [0.5, 0.6) is 0 Å². The van der Waals surface area contributed by atoms with E-state index >= 15 is 0 Å². The number of likely N-dealkylation sites (N-methyl/N-ethyl adjacent to an activating group) is 1. The van der Waals surface area contributed by atoms with Crippen molar-refractivity contribution in [1.29, 1.82) is 0 Å². The molecule has 1 atom stereocenters. The lowest BCUT2D eigenvalue weighted by Crippen LogP contribution is -2.33. The van der Waals surface area contributed by atoms with E-state index in [1.165, 1.54) is 10.5 Å². The predicted molar refractivity (Wildman–Crippen MR) is 87.7 cm³/mol. The van der Waals surface area contributed by atoms with Gasteiger partial charge in [-0.1, -0.05) is 18.5 Å². The zero-order valence-corrected chi connectivity index (χ0v) is 13.3. The molecule has 0 amide bonds. The van der Waals surface area contributed by atoms with E-state index in [0.717, 1.165) is 23.7 Å². The summed E-state index contributed by atoms with van der Waals surface area (Å²) in [6.07, 6.45) is 1.10. The zero-order chi connectivity index (χ0) is 13.5. The molecule has 0 fully saturated rings. The molecule has 0 saturated carbocycles. The average molecular weight is 312 g/mol. The minimum Gasteiger partial charge on any atom is -0.313 e. The van der Waals surface area contributed by atoms with Crippen molar-refractivity contribution in [2.45, 2.75) is 24.3 Å². The molecule has 1 heterocycles. The van der Waals surface area contributed by atoms with Gasteiger partial charge < -0.3 is 5.32 Å². The Morgan fingerprint density at radius 3 is 2.68 bits per heavy atom.